The maximum Gasteiger partial charge on any atom is 0.323 e. The van der Waals surface area contributed by atoms with Crippen LogP contribution in [0.4, 0.5) is 0 Å². The topological polar surface area (TPSA) is 77.8 Å². The number of benzene rings is 1. The van der Waals surface area contributed by atoms with Crippen molar-refractivity contribution in [2.75, 3.05) is 6.54 Å². The van der Waals surface area contributed by atoms with Crippen LogP contribution < -0.4 is 0 Å². The Balaban J connectivity index is 2.33. The van der Waals surface area contributed by atoms with Crippen molar-refractivity contribution in [3.8, 4) is 5.75 Å². The van der Waals surface area contributed by atoms with Gasteiger partial charge in [-0.05, 0) is 52.2 Å². The van der Waals surface area contributed by atoms with Crippen molar-refractivity contribution >= 4 is 62.2 Å². The van der Waals surface area contributed by atoms with Gasteiger partial charge in [-0.15, -0.1) is 0 Å². The molecule has 0 aliphatic carbocycles. The molecule has 1 aromatic carbocycles. The third-order valence-electron chi connectivity index (χ3n) is 2.74. The summed E-state index contributed by atoms with van der Waals surface area (Å²) in [5, 5.41) is 18.5. The number of hydrogen-bond acceptors (Lipinski definition) is 5. The molecule has 1 aromatic rings. The molecule has 0 aromatic heterocycles. The second-order valence-electron chi connectivity index (χ2n) is 4.33. The highest BCUT2D eigenvalue weighted by molar-refractivity contribution is 9.10. The number of aromatic hydroxyl groups is 1. The molecule has 110 valence electrons. The number of aryl methyl sites for hydroxylation is 1. The lowest BCUT2D eigenvalue weighted by Crippen LogP contribution is -2.33. The van der Waals surface area contributed by atoms with Gasteiger partial charge in [-0.2, -0.15) is 0 Å². The lowest BCUT2D eigenvalue weighted by molar-refractivity contribution is -0.140. The molecule has 1 aliphatic rings. The molecule has 0 radical (unpaired) electrons. The Morgan fingerprint density at radius 2 is 2.19 bits per heavy atom. The minimum Gasteiger partial charge on any atom is -0.506 e. The van der Waals surface area contributed by atoms with E-state index < -0.39 is 18.4 Å². The van der Waals surface area contributed by atoms with Gasteiger partial charge in [0.15, 0.2) is 0 Å². The monoisotopic (exact) mass is 387 g/mol. The first-order valence-electron chi connectivity index (χ1n) is 5.76. The number of aliphatic carboxylic acids is 1. The van der Waals surface area contributed by atoms with Gasteiger partial charge in [0, 0.05) is 0 Å². The number of phenolic OH excluding ortho intramolecular Hbond substituents is 1. The number of carbonyl (C=O) groups is 2. The highest BCUT2D eigenvalue weighted by Crippen LogP contribution is 2.34. The summed E-state index contributed by atoms with van der Waals surface area (Å²) in [7, 11) is 0. The van der Waals surface area contributed by atoms with E-state index in [1.165, 1.54) is 0 Å². The smallest absolute Gasteiger partial charge is 0.323 e. The normalized spacial score (nSPS) is 16.9. The van der Waals surface area contributed by atoms with E-state index >= 15 is 0 Å². The van der Waals surface area contributed by atoms with E-state index in [1.807, 2.05) is 0 Å². The average Bonchev–Trinajstić information content (AvgIpc) is 2.63. The second kappa shape index (κ2) is 6.17. The maximum atomic E-state index is 12.1. The average molecular weight is 388 g/mol. The van der Waals surface area contributed by atoms with E-state index in [0.717, 1.165) is 16.7 Å². The zero-order chi connectivity index (χ0) is 15.7. The summed E-state index contributed by atoms with van der Waals surface area (Å²) in [5.74, 6) is -1.39. The predicted octanol–water partition coefficient (Wildman–Crippen LogP) is 2.75. The summed E-state index contributed by atoms with van der Waals surface area (Å²) in [6, 6.07) is 3.40. The Hall–Kier alpha value is -1.38. The number of halogens is 1. The second-order valence-corrected chi connectivity index (χ2v) is 6.86. The highest BCUT2D eigenvalue weighted by atomic mass is 79.9. The maximum absolute atomic E-state index is 12.1. The van der Waals surface area contributed by atoms with Crippen LogP contribution in [0.1, 0.15) is 11.1 Å². The lowest BCUT2D eigenvalue weighted by Gasteiger charge is -2.10. The van der Waals surface area contributed by atoms with Gasteiger partial charge >= 0.3 is 5.97 Å². The van der Waals surface area contributed by atoms with Gasteiger partial charge in [0.25, 0.3) is 5.91 Å². The summed E-state index contributed by atoms with van der Waals surface area (Å²) in [4.78, 5) is 24.3. The molecule has 1 aliphatic heterocycles. The molecule has 0 spiro atoms. The molecular weight excluding hydrogens is 378 g/mol. The van der Waals surface area contributed by atoms with Crippen molar-refractivity contribution in [3.63, 3.8) is 0 Å². The van der Waals surface area contributed by atoms with Crippen molar-refractivity contribution < 1.29 is 19.8 Å². The van der Waals surface area contributed by atoms with Crippen molar-refractivity contribution in [2.45, 2.75) is 6.92 Å². The largest absolute Gasteiger partial charge is 0.506 e. The first-order valence-corrected chi connectivity index (χ1v) is 7.77. The van der Waals surface area contributed by atoms with Gasteiger partial charge in [-0.25, -0.2) is 0 Å². The molecule has 5 nitrogen and oxygen atoms in total. The predicted molar refractivity (Wildman–Crippen MR) is 88.1 cm³/mol. The standard InChI is InChI=1S/C13H10BrNO4S2/c1-6-2-7(3-8(14)11(6)18)4-9-12(19)15(5-10(16)17)13(20)21-9/h2-4,18H,5H2,1H3,(H,16,17)/b9-4-. The van der Waals surface area contributed by atoms with Crippen LogP contribution in [0, 0.1) is 6.92 Å². The number of thioether (sulfide) groups is 1. The number of hydrogen-bond donors (Lipinski definition) is 2. The van der Waals surface area contributed by atoms with Crippen molar-refractivity contribution in [2.24, 2.45) is 0 Å². The molecule has 21 heavy (non-hydrogen) atoms. The third-order valence-corrected chi connectivity index (χ3v) is 4.72. The first kappa shape index (κ1) is 16.0. The zero-order valence-corrected chi connectivity index (χ0v) is 14.0. The summed E-state index contributed by atoms with van der Waals surface area (Å²) < 4.78 is 0.748. The SMILES string of the molecule is Cc1cc(/C=C2\SC(=S)N(CC(=O)O)C2=O)cc(Br)c1O. The van der Waals surface area contributed by atoms with Crippen molar-refractivity contribution in [1.82, 2.24) is 4.90 Å². The first-order chi connectivity index (χ1) is 9.79. The fraction of sp³-hybridized carbons (Fsp3) is 0.154. The Morgan fingerprint density at radius 1 is 1.52 bits per heavy atom. The number of phenols is 1. The number of amides is 1. The minimum atomic E-state index is -1.12. The molecule has 2 N–H and O–H groups in total. The third kappa shape index (κ3) is 3.45. The van der Waals surface area contributed by atoms with Gasteiger partial charge < -0.3 is 10.2 Å². The molecule has 1 fully saturated rings. The number of nitrogens with zero attached hydrogens (tertiary/aromatic N) is 1. The fourth-order valence-corrected chi connectivity index (χ4v) is 3.60. The Kier molecular flexibility index (Phi) is 4.70. The molecule has 2 rings (SSSR count). The molecule has 8 heteroatoms. The van der Waals surface area contributed by atoms with Crippen LogP contribution in [0.5, 0.6) is 5.75 Å². The van der Waals surface area contributed by atoms with Crippen molar-refractivity contribution in [3.05, 3.63) is 32.6 Å². The quantitative estimate of drug-likeness (QED) is 0.613. The van der Waals surface area contributed by atoms with Gasteiger partial charge in [0.05, 0.1) is 9.38 Å². The Labute approximate surface area is 138 Å². The lowest BCUT2D eigenvalue weighted by atomic mass is 10.1. The molecule has 1 saturated heterocycles. The van der Waals surface area contributed by atoms with Crippen LogP contribution in [0.25, 0.3) is 6.08 Å². The molecule has 0 unspecified atom stereocenters. The summed E-state index contributed by atoms with van der Waals surface area (Å²) in [5.41, 5.74) is 1.38. The fourth-order valence-electron chi connectivity index (χ4n) is 1.77. The zero-order valence-electron chi connectivity index (χ0n) is 10.8. The van der Waals surface area contributed by atoms with E-state index in [-0.39, 0.29) is 10.1 Å². The number of carboxylic acids is 1. The van der Waals surface area contributed by atoms with Crippen LogP contribution in [-0.4, -0.2) is 37.9 Å². The van der Waals surface area contributed by atoms with Crippen LogP contribution in [0.2, 0.25) is 0 Å². The molecule has 1 amide bonds. The molecule has 1 heterocycles. The summed E-state index contributed by atoms with van der Waals surface area (Å²) in [6.07, 6.45) is 1.62. The summed E-state index contributed by atoms with van der Waals surface area (Å²) in [6.45, 7) is 1.30. The summed E-state index contributed by atoms with van der Waals surface area (Å²) >= 11 is 9.31. The molecule has 0 saturated carbocycles. The molecule has 0 bridgehead atoms. The van der Waals surface area contributed by atoms with Gasteiger partial charge in [-0.1, -0.05) is 24.0 Å². The van der Waals surface area contributed by atoms with Gasteiger partial charge in [0.1, 0.15) is 16.6 Å². The Morgan fingerprint density at radius 3 is 2.76 bits per heavy atom. The van der Waals surface area contributed by atoms with Gasteiger partial charge in [0.2, 0.25) is 0 Å². The van der Waals surface area contributed by atoms with E-state index in [9.17, 15) is 14.7 Å². The minimum absolute atomic E-state index is 0.144. The molecular formula is C13H10BrNO4S2. The van der Waals surface area contributed by atoms with Crippen LogP contribution >= 0.6 is 39.9 Å². The van der Waals surface area contributed by atoms with Crippen LogP contribution in [0.3, 0.4) is 0 Å². The van der Waals surface area contributed by atoms with E-state index in [0.29, 0.717) is 20.5 Å². The van der Waals surface area contributed by atoms with Crippen LogP contribution in [-0.2, 0) is 9.59 Å². The highest BCUT2D eigenvalue weighted by Gasteiger charge is 2.33. The Bertz CT molecular complexity index is 664. The number of carboxylic acid groups (broad SMARTS) is 1. The van der Waals surface area contributed by atoms with E-state index in [2.05, 4.69) is 15.9 Å². The van der Waals surface area contributed by atoms with Crippen molar-refractivity contribution in [1.29, 1.82) is 0 Å². The van der Waals surface area contributed by atoms with E-state index in [1.54, 1.807) is 25.1 Å². The number of carbonyl (C=O) groups excluding carboxylic acids is 1. The van der Waals surface area contributed by atoms with Crippen LogP contribution in [0.15, 0.2) is 21.5 Å². The molecule has 0 atom stereocenters. The van der Waals surface area contributed by atoms with E-state index in [4.69, 9.17) is 17.3 Å². The van der Waals surface area contributed by atoms with Gasteiger partial charge in [-0.3, -0.25) is 14.5 Å². The number of thiocarbonyl (C=S) groups is 1. The number of rotatable bonds is 3.